The summed E-state index contributed by atoms with van der Waals surface area (Å²) in [5, 5.41) is 0. The molecular formula is C12H20F2. The first-order valence-electron chi connectivity index (χ1n) is 5.09. The standard InChI is InChI=1S/C12H20F2/c1-5-10(2)8-6-7-9-11(3)12(4,13)14/h6-7,9-10H,5,8H2,1-4H3. The van der Waals surface area contributed by atoms with Crippen LogP contribution in [0, 0.1) is 5.92 Å². The van der Waals surface area contributed by atoms with Gasteiger partial charge in [-0.25, -0.2) is 8.78 Å². The lowest BCUT2D eigenvalue weighted by molar-refractivity contribution is 0.0635. The number of allylic oxidation sites excluding steroid dienone is 4. The lowest BCUT2D eigenvalue weighted by Gasteiger charge is -2.09. The van der Waals surface area contributed by atoms with Gasteiger partial charge in [0.25, 0.3) is 5.92 Å². The Bertz CT molecular complexity index is 209. The number of hydrogen-bond donors (Lipinski definition) is 0. The summed E-state index contributed by atoms with van der Waals surface area (Å²) in [6.07, 6.45) is 7.23. The van der Waals surface area contributed by atoms with Crippen molar-refractivity contribution in [1.29, 1.82) is 0 Å². The Morgan fingerprint density at radius 3 is 2.43 bits per heavy atom. The topological polar surface area (TPSA) is 0 Å². The Balaban J connectivity index is 4.03. The second kappa shape index (κ2) is 5.94. The Morgan fingerprint density at radius 1 is 1.43 bits per heavy atom. The van der Waals surface area contributed by atoms with Gasteiger partial charge < -0.3 is 0 Å². The molecule has 0 aliphatic carbocycles. The maximum Gasteiger partial charge on any atom is 0.266 e. The van der Waals surface area contributed by atoms with Crippen molar-refractivity contribution in [2.75, 3.05) is 0 Å². The van der Waals surface area contributed by atoms with Crippen LogP contribution in [0.15, 0.2) is 23.8 Å². The van der Waals surface area contributed by atoms with Crippen LogP contribution < -0.4 is 0 Å². The summed E-state index contributed by atoms with van der Waals surface area (Å²) >= 11 is 0. The SMILES string of the molecule is CCC(C)CC=CC=C(C)C(C)(F)F. The predicted octanol–water partition coefficient (Wildman–Crippen LogP) is 4.58. The van der Waals surface area contributed by atoms with Gasteiger partial charge in [-0.1, -0.05) is 38.5 Å². The third-order valence-corrected chi connectivity index (χ3v) is 2.41. The molecule has 0 aromatic heterocycles. The van der Waals surface area contributed by atoms with E-state index in [9.17, 15) is 8.78 Å². The van der Waals surface area contributed by atoms with Crippen LogP contribution in [-0.2, 0) is 0 Å². The lowest BCUT2D eigenvalue weighted by atomic mass is 10.0. The summed E-state index contributed by atoms with van der Waals surface area (Å²) in [5.41, 5.74) is 0.109. The Morgan fingerprint density at radius 2 is 2.00 bits per heavy atom. The van der Waals surface area contributed by atoms with E-state index in [1.54, 1.807) is 6.08 Å². The van der Waals surface area contributed by atoms with Crippen LogP contribution >= 0.6 is 0 Å². The number of hydrogen-bond acceptors (Lipinski definition) is 0. The van der Waals surface area contributed by atoms with E-state index in [4.69, 9.17) is 0 Å². The molecular weight excluding hydrogens is 182 g/mol. The summed E-state index contributed by atoms with van der Waals surface area (Å²) < 4.78 is 25.3. The third kappa shape index (κ3) is 5.90. The van der Waals surface area contributed by atoms with Gasteiger partial charge in [-0.2, -0.15) is 0 Å². The summed E-state index contributed by atoms with van der Waals surface area (Å²) in [6.45, 7) is 6.64. The van der Waals surface area contributed by atoms with Crippen LogP contribution in [0.4, 0.5) is 8.78 Å². The van der Waals surface area contributed by atoms with Crippen LogP contribution in [0.2, 0.25) is 0 Å². The van der Waals surface area contributed by atoms with Crippen LogP contribution in [0.1, 0.15) is 40.5 Å². The summed E-state index contributed by atoms with van der Waals surface area (Å²) in [6, 6.07) is 0. The fraction of sp³-hybridized carbons (Fsp3) is 0.667. The van der Waals surface area contributed by atoms with Crippen molar-refractivity contribution in [3.05, 3.63) is 23.8 Å². The van der Waals surface area contributed by atoms with E-state index in [0.29, 0.717) is 5.92 Å². The predicted molar refractivity (Wildman–Crippen MR) is 57.6 cm³/mol. The van der Waals surface area contributed by atoms with Crippen LogP contribution in [-0.4, -0.2) is 5.92 Å². The smallest absolute Gasteiger partial charge is 0.202 e. The van der Waals surface area contributed by atoms with Gasteiger partial charge in [0.1, 0.15) is 0 Å². The molecule has 0 radical (unpaired) electrons. The third-order valence-electron chi connectivity index (χ3n) is 2.41. The van der Waals surface area contributed by atoms with Gasteiger partial charge in [0.2, 0.25) is 0 Å². The van der Waals surface area contributed by atoms with Gasteiger partial charge in [-0.15, -0.1) is 0 Å². The molecule has 0 N–H and O–H groups in total. The van der Waals surface area contributed by atoms with Crippen molar-refractivity contribution in [1.82, 2.24) is 0 Å². The van der Waals surface area contributed by atoms with Gasteiger partial charge in [0, 0.05) is 6.92 Å². The molecule has 0 rings (SSSR count). The fourth-order valence-corrected chi connectivity index (χ4v) is 0.836. The largest absolute Gasteiger partial charge is 0.266 e. The molecule has 1 unspecified atom stereocenters. The zero-order valence-corrected chi connectivity index (χ0v) is 9.48. The van der Waals surface area contributed by atoms with Crippen LogP contribution in [0.3, 0.4) is 0 Å². The molecule has 0 spiro atoms. The molecule has 0 aliphatic rings. The zero-order valence-electron chi connectivity index (χ0n) is 9.48. The molecule has 0 aliphatic heterocycles. The first-order valence-corrected chi connectivity index (χ1v) is 5.09. The van der Waals surface area contributed by atoms with Gasteiger partial charge in [-0.3, -0.25) is 0 Å². The highest BCUT2D eigenvalue weighted by atomic mass is 19.3. The highest BCUT2D eigenvalue weighted by Gasteiger charge is 2.22. The molecule has 2 heteroatoms. The summed E-state index contributed by atoms with van der Waals surface area (Å²) in [5.74, 6) is -2.07. The van der Waals surface area contributed by atoms with E-state index in [1.807, 2.05) is 6.08 Å². The molecule has 0 aromatic rings. The number of rotatable bonds is 5. The van der Waals surface area contributed by atoms with Crippen molar-refractivity contribution in [2.24, 2.45) is 5.92 Å². The van der Waals surface area contributed by atoms with Crippen molar-refractivity contribution in [2.45, 2.75) is 46.5 Å². The first-order chi connectivity index (χ1) is 6.38. The van der Waals surface area contributed by atoms with Gasteiger partial charge in [-0.05, 0) is 24.8 Å². The highest BCUT2D eigenvalue weighted by Crippen LogP contribution is 2.22. The normalized spacial score (nSPS) is 16.3. The van der Waals surface area contributed by atoms with E-state index in [-0.39, 0.29) is 5.57 Å². The molecule has 0 saturated carbocycles. The van der Waals surface area contributed by atoms with Crippen LogP contribution in [0.25, 0.3) is 0 Å². The van der Waals surface area contributed by atoms with E-state index >= 15 is 0 Å². The molecule has 14 heavy (non-hydrogen) atoms. The molecule has 0 nitrogen and oxygen atoms in total. The van der Waals surface area contributed by atoms with Crippen LogP contribution in [0.5, 0.6) is 0 Å². The first kappa shape index (κ1) is 13.3. The Hall–Kier alpha value is -0.660. The Kier molecular flexibility index (Phi) is 5.66. The quantitative estimate of drug-likeness (QED) is 0.572. The van der Waals surface area contributed by atoms with Crippen molar-refractivity contribution in [3.63, 3.8) is 0 Å². The molecule has 0 aromatic carbocycles. The van der Waals surface area contributed by atoms with Crippen molar-refractivity contribution < 1.29 is 8.78 Å². The molecule has 0 amide bonds. The zero-order chi connectivity index (χ0) is 11.2. The molecule has 0 saturated heterocycles. The molecule has 0 fully saturated rings. The van der Waals surface area contributed by atoms with Gasteiger partial charge in [0.05, 0.1) is 0 Å². The van der Waals surface area contributed by atoms with Crippen molar-refractivity contribution in [3.8, 4) is 0 Å². The van der Waals surface area contributed by atoms with E-state index in [0.717, 1.165) is 19.8 Å². The van der Waals surface area contributed by atoms with E-state index in [1.165, 1.54) is 13.0 Å². The number of halogens is 2. The average molecular weight is 202 g/mol. The summed E-state index contributed by atoms with van der Waals surface area (Å²) in [4.78, 5) is 0. The average Bonchev–Trinajstić information content (AvgIpc) is 2.09. The van der Waals surface area contributed by atoms with E-state index < -0.39 is 5.92 Å². The molecule has 82 valence electrons. The monoisotopic (exact) mass is 202 g/mol. The summed E-state index contributed by atoms with van der Waals surface area (Å²) in [7, 11) is 0. The van der Waals surface area contributed by atoms with Gasteiger partial charge >= 0.3 is 0 Å². The van der Waals surface area contributed by atoms with E-state index in [2.05, 4.69) is 13.8 Å². The number of alkyl halides is 2. The lowest BCUT2D eigenvalue weighted by Crippen LogP contribution is -2.10. The second-order valence-electron chi connectivity index (χ2n) is 3.92. The molecule has 0 heterocycles. The fourth-order valence-electron chi connectivity index (χ4n) is 0.836. The molecule has 1 atom stereocenters. The second-order valence-corrected chi connectivity index (χ2v) is 3.92. The minimum absolute atomic E-state index is 0.109. The Labute approximate surface area is 85.7 Å². The maximum absolute atomic E-state index is 12.7. The minimum atomic E-state index is -2.69. The maximum atomic E-state index is 12.7. The highest BCUT2D eigenvalue weighted by molar-refractivity contribution is 5.16. The van der Waals surface area contributed by atoms with Crippen molar-refractivity contribution >= 4 is 0 Å². The molecule has 0 bridgehead atoms. The minimum Gasteiger partial charge on any atom is -0.202 e. The van der Waals surface area contributed by atoms with Gasteiger partial charge in [0.15, 0.2) is 0 Å².